The van der Waals surface area contributed by atoms with Gasteiger partial charge in [0.25, 0.3) is 6.47 Å². The average Bonchev–Trinajstić information content (AvgIpc) is 2.35. The van der Waals surface area contributed by atoms with Gasteiger partial charge in [0.05, 0.1) is 0 Å². The fraction of sp³-hybridized carbons (Fsp3) is 0.0714. The SMILES string of the molecule is O=COc1ccc(Cc2ccc(O)cc2)cc1. The van der Waals surface area contributed by atoms with Gasteiger partial charge >= 0.3 is 0 Å². The molecule has 3 heteroatoms. The van der Waals surface area contributed by atoms with E-state index in [0.29, 0.717) is 12.2 Å². The van der Waals surface area contributed by atoms with Crippen LogP contribution in [-0.4, -0.2) is 11.6 Å². The van der Waals surface area contributed by atoms with Crippen molar-refractivity contribution in [2.75, 3.05) is 0 Å². The third-order valence-electron chi connectivity index (χ3n) is 2.45. The molecule has 0 bridgehead atoms. The number of benzene rings is 2. The summed E-state index contributed by atoms with van der Waals surface area (Å²) < 4.78 is 4.71. The molecule has 2 rings (SSSR count). The van der Waals surface area contributed by atoms with Crippen LogP contribution in [-0.2, 0) is 11.2 Å². The highest BCUT2D eigenvalue weighted by Crippen LogP contribution is 2.16. The fourth-order valence-corrected chi connectivity index (χ4v) is 1.59. The van der Waals surface area contributed by atoms with E-state index in [-0.39, 0.29) is 5.75 Å². The van der Waals surface area contributed by atoms with Crippen molar-refractivity contribution in [3.05, 3.63) is 59.7 Å². The van der Waals surface area contributed by atoms with E-state index >= 15 is 0 Å². The second kappa shape index (κ2) is 5.16. The highest BCUT2D eigenvalue weighted by molar-refractivity contribution is 5.45. The molecular formula is C14H12O3. The lowest BCUT2D eigenvalue weighted by Gasteiger charge is -2.03. The summed E-state index contributed by atoms with van der Waals surface area (Å²) in [5.41, 5.74) is 2.24. The quantitative estimate of drug-likeness (QED) is 0.818. The Kier molecular flexibility index (Phi) is 3.40. The van der Waals surface area contributed by atoms with Crippen LogP contribution in [0.1, 0.15) is 11.1 Å². The lowest BCUT2D eigenvalue weighted by atomic mass is 10.0. The number of aromatic hydroxyl groups is 1. The minimum Gasteiger partial charge on any atom is -0.508 e. The van der Waals surface area contributed by atoms with Crippen molar-refractivity contribution in [2.45, 2.75) is 6.42 Å². The summed E-state index contributed by atoms with van der Waals surface area (Å²) in [6.45, 7) is 0.412. The first-order valence-corrected chi connectivity index (χ1v) is 5.25. The maximum atomic E-state index is 10.1. The molecule has 0 aliphatic heterocycles. The van der Waals surface area contributed by atoms with E-state index < -0.39 is 0 Å². The maximum absolute atomic E-state index is 10.1. The van der Waals surface area contributed by atoms with E-state index in [2.05, 4.69) is 0 Å². The van der Waals surface area contributed by atoms with Gasteiger partial charge in [0.15, 0.2) is 0 Å². The minimum absolute atomic E-state index is 0.267. The Hall–Kier alpha value is -2.29. The Morgan fingerprint density at radius 2 is 1.47 bits per heavy atom. The van der Waals surface area contributed by atoms with Crippen molar-refractivity contribution in [2.24, 2.45) is 0 Å². The van der Waals surface area contributed by atoms with Crippen LogP contribution in [0, 0.1) is 0 Å². The van der Waals surface area contributed by atoms with Gasteiger partial charge < -0.3 is 9.84 Å². The van der Waals surface area contributed by atoms with Gasteiger partial charge in [-0.3, -0.25) is 4.79 Å². The molecule has 0 aliphatic carbocycles. The smallest absolute Gasteiger partial charge is 0.298 e. The molecule has 0 atom stereocenters. The highest BCUT2D eigenvalue weighted by Gasteiger charge is 1.98. The summed E-state index contributed by atoms with van der Waals surface area (Å²) in [7, 11) is 0. The molecule has 0 radical (unpaired) electrons. The van der Waals surface area contributed by atoms with Crippen molar-refractivity contribution in [1.82, 2.24) is 0 Å². The number of rotatable bonds is 4. The van der Waals surface area contributed by atoms with E-state index in [4.69, 9.17) is 9.84 Å². The molecule has 0 amide bonds. The maximum Gasteiger partial charge on any atom is 0.298 e. The molecule has 3 nitrogen and oxygen atoms in total. The van der Waals surface area contributed by atoms with Gasteiger partial charge in [-0.25, -0.2) is 0 Å². The van der Waals surface area contributed by atoms with Crippen LogP contribution in [0.3, 0.4) is 0 Å². The highest BCUT2D eigenvalue weighted by atomic mass is 16.5. The van der Waals surface area contributed by atoms with Gasteiger partial charge in [0.2, 0.25) is 0 Å². The van der Waals surface area contributed by atoms with Gasteiger partial charge in [-0.2, -0.15) is 0 Å². The monoisotopic (exact) mass is 228 g/mol. The van der Waals surface area contributed by atoms with Crippen molar-refractivity contribution in [1.29, 1.82) is 0 Å². The number of carbonyl (C=O) groups excluding carboxylic acids is 1. The van der Waals surface area contributed by atoms with E-state index in [9.17, 15) is 4.79 Å². The van der Waals surface area contributed by atoms with Gasteiger partial charge in [-0.15, -0.1) is 0 Å². The third-order valence-corrected chi connectivity index (χ3v) is 2.45. The largest absolute Gasteiger partial charge is 0.508 e. The Balaban J connectivity index is 2.08. The third kappa shape index (κ3) is 3.08. The summed E-state index contributed by atoms with van der Waals surface area (Å²) in [6, 6.07) is 14.4. The van der Waals surface area contributed by atoms with Crippen LogP contribution < -0.4 is 4.74 Å². The number of ether oxygens (including phenoxy) is 1. The number of carbonyl (C=O) groups is 1. The van der Waals surface area contributed by atoms with Crippen molar-refractivity contribution >= 4 is 6.47 Å². The molecule has 0 saturated heterocycles. The van der Waals surface area contributed by atoms with Gasteiger partial charge in [-0.05, 0) is 41.8 Å². The summed E-state index contributed by atoms with van der Waals surface area (Å²) >= 11 is 0. The van der Waals surface area contributed by atoms with Crippen LogP contribution in [0.5, 0.6) is 11.5 Å². The van der Waals surface area contributed by atoms with Gasteiger partial charge in [0, 0.05) is 0 Å². The zero-order valence-electron chi connectivity index (χ0n) is 9.17. The molecule has 2 aromatic carbocycles. The predicted octanol–water partition coefficient (Wildman–Crippen LogP) is 2.52. The minimum atomic E-state index is 0.267. The van der Waals surface area contributed by atoms with Gasteiger partial charge in [-0.1, -0.05) is 24.3 Å². The van der Waals surface area contributed by atoms with Crippen LogP contribution in [0.4, 0.5) is 0 Å². The lowest BCUT2D eigenvalue weighted by Crippen LogP contribution is -1.90. The first-order valence-electron chi connectivity index (χ1n) is 5.25. The summed E-state index contributed by atoms with van der Waals surface area (Å²) in [5.74, 6) is 0.804. The zero-order chi connectivity index (χ0) is 12.1. The first-order chi connectivity index (χ1) is 8.28. The molecule has 0 spiro atoms. The summed E-state index contributed by atoms with van der Waals surface area (Å²) in [5, 5.41) is 9.17. The summed E-state index contributed by atoms with van der Waals surface area (Å²) in [6.07, 6.45) is 0.779. The molecule has 0 heterocycles. The number of hydrogen-bond acceptors (Lipinski definition) is 3. The molecule has 0 aliphatic rings. The molecule has 1 N–H and O–H groups in total. The molecule has 86 valence electrons. The number of phenolic OH excluding ortho intramolecular Hbond substituents is 1. The van der Waals surface area contributed by atoms with Crippen LogP contribution >= 0.6 is 0 Å². The van der Waals surface area contributed by atoms with E-state index in [1.54, 1.807) is 24.3 Å². The second-order valence-electron chi connectivity index (χ2n) is 3.70. The normalized spacial score (nSPS) is 9.88. The van der Waals surface area contributed by atoms with E-state index in [0.717, 1.165) is 17.5 Å². The number of phenols is 1. The number of hydrogen-bond donors (Lipinski definition) is 1. The van der Waals surface area contributed by atoms with Crippen LogP contribution in [0.15, 0.2) is 48.5 Å². The Labute approximate surface area is 99.3 Å². The molecule has 0 aromatic heterocycles. The van der Waals surface area contributed by atoms with Crippen molar-refractivity contribution in [3.8, 4) is 11.5 Å². The van der Waals surface area contributed by atoms with Crippen molar-refractivity contribution in [3.63, 3.8) is 0 Å². The molecular weight excluding hydrogens is 216 g/mol. The zero-order valence-corrected chi connectivity index (χ0v) is 9.17. The van der Waals surface area contributed by atoms with Gasteiger partial charge in [0.1, 0.15) is 11.5 Å². The van der Waals surface area contributed by atoms with Crippen LogP contribution in [0.2, 0.25) is 0 Å². The Morgan fingerprint density at radius 3 is 2.00 bits per heavy atom. The van der Waals surface area contributed by atoms with Crippen molar-refractivity contribution < 1.29 is 14.6 Å². The molecule has 17 heavy (non-hydrogen) atoms. The predicted molar refractivity (Wildman–Crippen MR) is 64.0 cm³/mol. The standard InChI is InChI=1S/C14H12O3/c15-10-17-14-7-3-12(4-8-14)9-11-1-5-13(16)6-2-11/h1-8,10,16H,9H2. The summed E-state index contributed by atoms with van der Waals surface area (Å²) in [4.78, 5) is 10.1. The first kappa shape index (κ1) is 11.2. The molecule has 0 saturated carbocycles. The average molecular weight is 228 g/mol. The molecule has 0 fully saturated rings. The topological polar surface area (TPSA) is 46.5 Å². The Morgan fingerprint density at radius 1 is 0.941 bits per heavy atom. The van der Waals surface area contributed by atoms with Crippen LogP contribution in [0.25, 0.3) is 0 Å². The van der Waals surface area contributed by atoms with E-state index in [1.165, 1.54) is 0 Å². The lowest BCUT2D eigenvalue weighted by molar-refractivity contribution is -0.120. The Bertz CT molecular complexity index is 486. The second-order valence-corrected chi connectivity index (χ2v) is 3.70. The fourth-order valence-electron chi connectivity index (χ4n) is 1.59. The van der Waals surface area contributed by atoms with E-state index in [1.807, 2.05) is 24.3 Å². The molecule has 2 aromatic rings. The molecule has 0 unspecified atom stereocenters.